The number of fused-ring (bicyclic) bond motifs is 1. The molecule has 0 aliphatic carbocycles. The van der Waals surface area contributed by atoms with Crippen LogP contribution in [0.4, 0.5) is 5.82 Å². The Balaban J connectivity index is 2.05. The first-order chi connectivity index (χ1) is 9.13. The second-order valence-electron chi connectivity index (χ2n) is 4.59. The summed E-state index contributed by atoms with van der Waals surface area (Å²) in [4.78, 5) is 8.71. The molecule has 0 bridgehead atoms. The van der Waals surface area contributed by atoms with Gasteiger partial charge in [-0.05, 0) is 26.0 Å². The highest BCUT2D eigenvalue weighted by atomic mass is 15.3. The van der Waals surface area contributed by atoms with Crippen LogP contribution >= 0.6 is 0 Å². The van der Waals surface area contributed by atoms with Gasteiger partial charge in [0.1, 0.15) is 17.5 Å². The largest absolute Gasteiger partial charge is 0.383 e. The molecule has 0 unspecified atom stereocenters. The van der Waals surface area contributed by atoms with Gasteiger partial charge in [0.2, 0.25) is 0 Å². The molecule has 19 heavy (non-hydrogen) atoms. The van der Waals surface area contributed by atoms with Crippen molar-refractivity contribution in [2.75, 3.05) is 5.73 Å². The third-order valence-corrected chi connectivity index (χ3v) is 3.12. The molecular weight excluding hydrogens is 238 g/mol. The maximum absolute atomic E-state index is 6.02. The van der Waals surface area contributed by atoms with Gasteiger partial charge in [-0.25, -0.2) is 14.6 Å². The zero-order chi connectivity index (χ0) is 13.4. The minimum atomic E-state index is 0.547. The summed E-state index contributed by atoms with van der Waals surface area (Å²) in [6.07, 6.45) is 0. The first-order valence-corrected chi connectivity index (χ1v) is 6.15. The SMILES string of the molecule is Cc1nc(C)n(Cc2cc3ccccc3nc2N)n1. The van der Waals surface area contributed by atoms with E-state index in [2.05, 4.69) is 21.1 Å². The van der Waals surface area contributed by atoms with Crippen LogP contribution < -0.4 is 5.73 Å². The molecule has 3 rings (SSSR count). The summed E-state index contributed by atoms with van der Waals surface area (Å²) in [5.41, 5.74) is 7.90. The number of benzene rings is 1. The van der Waals surface area contributed by atoms with E-state index in [4.69, 9.17) is 5.73 Å². The van der Waals surface area contributed by atoms with Crippen molar-refractivity contribution in [1.29, 1.82) is 0 Å². The molecule has 5 heteroatoms. The van der Waals surface area contributed by atoms with Crippen molar-refractivity contribution in [3.63, 3.8) is 0 Å². The van der Waals surface area contributed by atoms with Gasteiger partial charge in [-0.15, -0.1) is 0 Å². The van der Waals surface area contributed by atoms with Crippen LogP contribution in [-0.2, 0) is 6.54 Å². The fraction of sp³-hybridized carbons (Fsp3) is 0.214. The fourth-order valence-corrected chi connectivity index (χ4v) is 2.17. The third-order valence-electron chi connectivity index (χ3n) is 3.12. The molecule has 2 N–H and O–H groups in total. The number of aromatic nitrogens is 4. The number of hydrogen-bond donors (Lipinski definition) is 1. The summed E-state index contributed by atoms with van der Waals surface area (Å²) in [5.74, 6) is 2.20. The lowest BCUT2D eigenvalue weighted by molar-refractivity contribution is 0.656. The van der Waals surface area contributed by atoms with Gasteiger partial charge in [0.25, 0.3) is 0 Å². The van der Waals surface area contributed by atoms with E-state index in [1.807, 2.05) is 42.8 Å². The Morgan fingerprint density at radius 3 is 2.68 bits per heavy atom. The molecule has 2 heterocycles. The van der Waals surface area contributed by atoms with Crippen LogP contribution in [0.1, 0.15) is 17.2 Å². The number of pyridine rings is 1. The van der Waals surface area contributed by atoms with Gasteiger partial charge in [-0.1, -0.05) is 18.2 Å². The number of rotatable bonds is 2. The molecule has 0 spiro atoms. The Kier molecular flexibility index (Phi) is 2.67. The Morgan fingerprint density at radius 1 is 1.16 bits per heavy atom. The lowest BCUT2D eigenvalue weighted by atomic mass is 10.1. The number of nitrogen functional groups attached to an aromatic ring is 1. The quantitative estimate of drug-likeness (QED) is 0.759. The van der Waals surface area contributed by atoms with Gasteiger partial charge in [0.15, 0.2) is 0 Å². The molecule has 0 fully saturated rings. The molecule has 0 radical (unpaired) electrons. The van der Waals surface area contributed by atoms with Crippen LogP contribution in [0, 0.1) is 13.8 Å². The Bertz CT molecular complexity index is 745. The van der Waals surface area contributed by atoms with Gasteiger partial charge in [-0.3, -0.25) is 0 Å². The van der Waals surface area contributed by atoms with E-state index in [-0.39, 0.29) is 0 Å². The molecule has 0 amide bonds. The smallest absolute Gasteiger partial charge is 0.147 e. The van der Waals surface area contributed by atoms with Crippen molar-refractivity contribution in [2.24, 2.45) is 0 Å². The Morgan fingerprint density at radius 2 is 1.95 bits per heavy atom. The second kappa shape index (κ2) is 4.35. The van der Waals surface area contributed by atoms with E-state index < -0.39 is 0 Å². The van der Waals surface area contributed by atoms with Crippen LogP contribution in [0.5, 0.6) is 0 Å². The highest BCUT2D eigenvalue weighted by Crippen LogP contribution is 2.19. The minimum absolute atomic E-state index is 0.547. The summed E-state index contributed by atoms with van der Waals surface area (Å²) in [6, 6.07) is 10.0. The molecule has 3 aromatic rings. The highest BCUT2D eigenvalue weighted by molar-refractivity contribution is 5.81. The summed E-state index contributed by atoms with van der Waals surface area (Å²) in [5, 5.41) is 5.43. The van der Waals surface area contributed by atoms with Crippen LogP contribution in [0.3, 0.4) is 0 Å². The molecule has 96 valence electrons. The lowest BCUT2D eigenvalue weighted by Gasteiger charge is -2.08. The topological polar surface area (TPSA) is 69.6 Å². The molecule has 0 saturated carbocycles. The van der Waals surface area contributed by atoms with Gasteiger partial charge < -0.3 is 5.73 Å². The molecule has 5 nitrogen and oxygen atoms in total. The standard InChI is InChI=1S/C14H15N5/c1-9-16-10(2)19(18-9)8-12-7-11-5-3-4-6-13(11)17-14(12)15/h3-7H,8H2,1-2H3,(H2,15,17). The van der Waals surface area contributed by atoms with Crippen molar-refractivity contribution < 1.29 is 0 Å². The van der Waals surface area contributed by atoms with Crippen LogP contribution in [0.25, 0.3) is 10.9 Å². The molecular formula is C14H15N5. The maximum Gasteiger partial charge on any atom is 0.147 e. The molecule has 0 saturated heterocycles. The molecule has 1 aromatic carbocycles. The predicted molar refractivity (Wildman–Crippen MR) is 74.8 cm³/mol. The molecule has 0 aliphatic heterocycles. The van der Waals surface area contributed by atoms with E-state index in [9.17, 15) is 0 Å². The summed E-state index contributed by atoms with van der Waals surface area (Å²) < 4.78 is 1.84. The van der Waals surface area contributed by atoms with Crippen molar-refractivity contribution >= 4 is 16.7 Å². The summed E-state index contributed by atoms with van der Waals surface area (Å²) in [7, 11) is 0. The highest BCUT2D eigenvalue weighted by Gasteiger charge is 2.08. The maximum atomic E-state index is 6.02. The first kappa shape index (κ1) is 11.6. The third kappa shape index (κ3) is 2.14. The van der Waals surface area contributed by atoms with Gasteiger partial charge in [-0.2, -0.15) is 5.10 Å². The van der Waals surface area contributed by atoms with Crippen molar-refractivity contribution in [2.45, 2.75) is 20.4 Å². The van der Waals surface area contributed by atoms with E-state index in [1.54, 1.807) is 0 Å². The number of nitrogens with two attached hydrogens (primary N) is 1. The van der Waals surface area contributed by atoms with Crippen LogP contribution in [0.15, 0.2) is 30.3 Å². The molecule has 0 atom stereocenters. The van der Waals surface area contributed by atoms with E-state index >= 15 is 0 Å². The van der Waals surface area contributed by atoms with E-state index in [1.165, 1.54) is 0 Å². The van der Waals surface area contributed by atoms with Crippen molar-refractivity contribution in [3.8, 4) is 0 Å². The average molecular weight is 253 g/mol. The number of hydrogen-bond acceptors (Lipinski definition) is 4. The number of aryl methyl sites for hydroxylation is 2. The van der Waals surface area contributed by atoms with E-state index in [0.717, 1.165) is 28.1 Å². The van der Waals surface area contributed by atoms with E-state index in [0.29, 0.717) is 12.4 Å². The number of anilines is 1. The van der Waals surface area contributed by atoms with Crippen molar-refractivity contribution in [3.05, 3.63) is 47.5 Å². The molecule has 2 aromatic heterocycles. The van der Waals surface area contributed by atoms with Gasteiger partial charge in [0.05, 0.1) is 12.1 Å². The summed E-state index contributed by atoms with van der Waals surface area (Å²) >= 11 is 0. The van der Waals surface area contributed by atoms with Crippen LogP contribution in [0.2, 0.25) is 0 Å². The second-order valence-corrected chi connectivity index (χ2v) is 4.59. The van der Waals surface area contributed by atoms with Crippen LogP contribution in [-0.4, -0.2) is 19.7 Å². The minimum Gasteiger partial charge on any atom is -0.383 e. The number of para-hydroxylation sites is 1. The Hall–Kier alpha value is -2.43. The first-order valence-electron chi connectivity index (χ1n) is 6.15. The van der Waals surface area contributed by atoms with Gasteiger partial charge in [0, 0.05) is 10.9 Å². The Labute approximate surface area is 111 Å². The lowest BCUT2D eigenvalue weighted by Crippen LogP contribution is -2.08. The predicted octanol–water partition coefficient (Wildman–Crippen LogP) is 2.07. The monoisotopic (exact) mass is 253 g/mol. The van der Waals surface area contributed by atoms with Gasteiger partial charge >= 0.3 is 0 Å². The summed E-state index contributed by atoms with van der Waals surface area (Å²) in [6.45, 7) is 4.41. The molecule has 0 aliphatic rings. The van der Waals surface area contributed by atoms with Crippen molar-refractivity contribution in [1.82, 2.24) is 19.7 Å². The average Bonchev–Trinajstić information content (AvgIpc) is 2.69. The number of nitrogens with zero attached hydrogens (tertiary/aromatic N) is 4. The zero-order valence-corrected chi connectivity index (χ0v) is 11.0. The zero-order valence-electron chi connectivity index (χ0n) is 11.0. The normalized spacial score (nSPS) is 11.1. The fourth-order valence-electron chi connectivity index (χ4n) is 2.17.